The Labute approximate surface area is 154 Å². The molecule has 4 nitrogen and oxygen atoms in total. The molecule has 0 radical (unpaired) electrons. The number of hydrogen-bond donors (Lipinski definition) is 1. The molecule has 1 aliphatic heterocycles. The van der Waals surface area contributed by atoms with Crippen LogP contribution in [0.2, 0.25) is 0 Å². The van der Waals surface area contributed by atoms with Crippen molar-refractivity contribution in [2.75, 3.05) is 25.0 Å². The van der Waals surface area contributed by atoms with Gasteiger partial charge in [0.2, 0.25) is 0 Å². The average molecular weight is 356 g/mol. The number of para-hydroxylation sites is 2. The molecule has 1 N–H and O–H groups in total. The van der Waals surface area contributed by atoms with Gasteiger partial charge in [-0.3, -0.25) is 0 Å². The van der Waals surface area contributed by atoms with E-state index in [1.54, 1.807) is 0 Å². The van der Waals surface area contributed by atoms with Gasteiger partial charge < -0.3 is 19.7 Å². The summed E-state index contributed by atoms with van der Waals surface area (Å²) in [6.45, 7) is 8.26. The lowest BCUT2D eigenvalue weighted by atomic mass is 10.1. The summed E-state index contributed by atoms with van der Waals surface area (Å²) < 4.78 is 11.9. The van der Waals surface area contributed by atoms with Crippen LogP contribution in [0.5, 0.6) is 11.5 Å². The number of aryl methyl sites for hydroxylation is 2. The lowest BCUT2D eigenvalue weighted by Crippen LogP contribution is -2.45. The topological polar surface area (TPSA) is 33.7 Å². The van der Waals surface area contributed by atoms with Crippen LogP contribution in [-0.4, -0.2) is 35.8 Å². The molecule has 0 unspecified atom stereocenters. The minimum atomic E-state index is -0.0480. The van der Waals surface area contributed by atoms with Crippen LogP contribution in [0.15, 0.2) is 42.5 Å². The fourth-order valence-corrected chi connectivity index (χ4v) is 3.13. The van der Waals surface area contributed by atoms with Gasteiger partial charge in [-0.2, -0.15) is 0 Å². The molecule has 0 saturated carbocycles. The number of fused-ring (bicyclic) bond motifs is 1. The number of likely N-dealkylation sites (N-methyl/N-ethyl adjacent to an activating group) is 1. The highest BCUT2D eigenvalue weighted by molar-refractivity contribution is 7.80. The maximum atomic E-state index is 6.05. The molecule has 1 atom stereocenters. The van der Waals surface area contributed by atoms with Crippen molar-refractivity contribution in [1.82, 2.24) is 4.90 Å². The molecule has 0 spiro atoms. The summed E-state index contributed by atoms with van der Waals surface area (Å²) in [6, 6.07) is 14.1. The van der Waals surface area contributed by atoms with Crippen LogP contribution < -0.4 is 14.8 Å². The Morgan fingerprint density at radius 1 is 1.20 bits per heavy atom. The Bertz CT molecular complexity index is 763. The number of benzene rings is 2. The van der Waals surface area contributed by atoms with E-state index >= 15 is 0 Å². The normalized spacial score (nSPS) is 15.6. The maximum Gasteiger partial charge on any atom is 0.173 e. The highest BCUT2D eigenvalue weighted by Gasteiger charge is 2.23. The van der Waals surface area contributed by atoms with E-state index in [-0.39, 0.29) is 6.10 Å². The van der Waals surface area contributed by atoms with E-state index in [9.17, 15) is 0 Å². The highest BCUT2D eigenvalue weighted by Crippen LogP contribution is 2.31. The molecule has 0 bridgehead atoms. The fraction of sp³-hybridized carbons (Fsp3) is 0.350. The van der Waals surface area contributed by atoms with Gasteiger partial charge in [0, 0.05) is 12.2 Å². The van der Waals surface area contributed by atoms with Crippen molar-refractivity contribution in [3.05, 3.63) is 53.6 Å². The van der Waals surface area contributed by atoms with Crippen molar-refractivity contribution in [2.24, 2.45) is 0 Å². The van der Waals surface area contributed by atoms with E-state index in [0.717, 1.165) is 23.7 Å². The molecule has 1 heterocycles. The third-order valence-electron chi connectivity index (χ3n) is 4.30. The second kappa shape index (κ2) is 7.74. The van der Waals surface area contributed by atoms with Gasteiger partial charge in [0.1, 0.15) is 6.61 Å². The number of ether oxygens (including phenoxy) is 2. The van der Waals surface area contributed by atoms with Gasteiger partial charge >= 0.3 is 0 Å². The minimum absolute atomic E-state index is 0.0480. The minimum Gasteiger partial charge on any atom is -0.486 e. The zero-order chi connectivity index (χ0) is 17.8. The van der Waals surface area contributed by atoms with Crippen molar-refractivity contribution in [1.29, 1.82) is 0 Å². The summed E-state index contributed by atoms with van der Waals surface area (Å²) in [6.07, 6.45) is -0.0480. The number of rotatable bonds is 4. The van der Waals surface area contributed by atoms with Gasteiger partial charge in [0.15, 0.2) is 22.7 Å². The van der Waals surface area contributed by atoms with E-state index < -0.39 is 0 Å². The van der Waals surface area contributed by atoms with E-state index in [1.807, 2.05) is 24.3 Å². The third-order valence-corrected chi connectivity index (χ3v) is 4.66. The summed E-state index contributed by atoms with van der Waals surface area (Å²) in [7, 11) is 0. The van der Waals surface area contributed by atoms with Crippen molar-refractivity contribution < 1.29 is 9.47 Å². The smallest absolute Gasteiger partial charge is 0.173 e. The molecule has 0 saturated heterocycles. The second-order valence-corrected chi connectivity index (χ2v) is 6.67. The summed E-state index contributed by atoms with van der Waals surface area (Å²) in [5.41, 5.74) is 3.43. The van der Waals surface area contributed by atoms with Gasteiger partial charge in [-0.1, -0.05) is 24.3 Å². The Morgan fingerprint density at radius 2 is 1.96 bits per heavy atom. The summed E-state index contributed by atoms with van der Waals surface area (Å²) in [4.78, 5) is 2.11. The maximum absolute atomic E-state index is 6.05. The van der Waals surface area contributed by atoms with E-state index in [1.165, 1.54) is 11.1 Å². The molecule has 0 amide bonds. The van der Waals surface area contributed by atoms with Crippen LogP contribution in [0, 0.1) is 13.8 Å². The van der Waals surface area contributed by atoms with E-state index in [4.69, 9.17) is 21.7 Å². The Hall–Kier alpha value is -2.27. The van der Waals surface area contributed by atoms with Crippen LogP contribution in [0.25, 0.3) is 0 Å². The predicted octanol–water partition coefficient (Wildman–Crippen LogP) is 4.16. The van der Waals surface area contributed by atoms with Crippen LogP contribution in [0.3, 0.4) is 0 Å². The van der Waals surface area contributed by atoms with Crippen molar-refractivity contribution in [3.63, 3.8) is 0 Å². The Balaban J connectivity index is 1.64. The van der Waals surface area contributed by atoms with Gasteiger partial charge in [-0.15, -0.1) is 0 Å². The van der Waals surface area contributed by atoms with Crippen LogP contribution >= 0.6 is 12.2 Å². The molecule has 2 aromatic rings. The molecule has 25 heavy (non-hydrogen) atoms. The molecule has 3 rings (SSSR count). The average Bonchev–Trinajstić information content (AvgIpc) is 2.62. The largest absolute Gasteiger partial charge is 0.486 e. The number of nitrogens with one attached hydrogen (secondary N) is 1. The van der Waals surface area contributed by atoms with Crippen molar-refractivity contribution in [3.8, 4) is 11.5 Å². The van der Waals surface area contributed by atoms with E-state index in [2.05, 4.69) is 49.2 Å². The van der Waals surface area contributed by atoms with E-state index in [0.29, 0.717) is 18.3 Å². The van der Waals surface area contributed by atoms with Gasteiger partial charge in [-0.25, -0.2) is 0 Å². The standard InChI is InChI=1S/C20H24N2O2S/c1-4-22(20(25)21-17-11-14(2)9-10-15(17)3)12-16-13-23-18-7-5-6-8-19(18)24-16/h5-11,16H,4,12-13H2,1-3H3,(H,21,25)/t16-/m0/s1. The second-order valence-electron chi connectivity index (χ2n) is 6.28. The summed E-state index contributed by atoms with van der Waals surface area (Å²) >= 11 is 5.62. The van der Waals surface area contributed by atoms with Crippen molar-refractivity contribution >= 4 is 23.0 Å². The third kappa shape index (κ3) is 4.23. The molecule has 132 valence electrons. The zero-order valence-electron chi connectivity index (χ0n) is 14.9. The number of hydrogen-bond acceptors (Lipinski definition) is 3. The number of nitrogens with zero attached hydrogens (tertiary/aromatic N) is 1. The van der Waals surface area contributed by atoms with Crippen LogP contribution in [0.1, 0.15) is 18.1 Å². The summed E-state index contributed by atoms with van der Waals surface area (Å²) in [5.74, 6) is 1.60. The fourth-order valence-electron chi connectivity index (χ4n) is 2.82. The Kier molecular flexibility index (Phi) is 5.43. The molecule has 0 aromatic heterocycles. The summed E-state index contributed by atoms with van der Waals surface area (Å²) in [5, 5.41) is 4.08. The molecule has 2 aromatic carbocycles. The first-order chi connectivity index (χ1) is 12.1. The molecule has 0 aliphatic carbocycles. The van der Waals surface area contributed by atoms with Gasteiger partial charge in [0.25, 0.3) is 0 Å². The zero-order valence-corrected chi connectivity index (χ0v) is 15.7. The first-order valence-electron chi connectivity index (χ1n) is 8.58. The van der Waals surface area contributed by atoms with Gasteiger partial charge in [0.05, 0.1) is 6.54 Å². The van der Waals surface area contributed by atoms with Crippen LogP contribution in [0.4, 0.5) is 5.69 Å². The molecular formula is C20H24N2O2S. The first-order valence-corrected chi connectivity index (χ1v) is 8.99. The lowest BCUT2D eigenvalue weighted by molar-refractivity contribution is 0.0754. The molecule has 1 aliphatic rings. The Morgan fingerprint density at radius 3 is 2.72 bits per heavy atom. The highest BCUT2D eigenvalue weighted by atomic mass is 32.1. The quantitative estimate of drug-likeness (QED) is 0.832. The SMILES string of the molecule is CCN(C[C@H]1COc2ccccc2O1)C(=S)Nc1cc(C)ccc1C. The number of thiocarbonyl (C=S) groups is 1. The first kappa shape index (κ1) is 17.5. The van der Waals surface area contributed by atoms with Crippen LogP contribution in [-0.2, 0) is 0 Å². The monoisotopic (exact) mass is 356 g/mol. The molecule has 0 fully saturated rings. The molecular weight excluding hydrogens is 332 g/mol. The predicted molar refractivity (Wildman–Crippen MR) is 106 cm³/mol. The number of anilines is 1. The lowest BCUT2D eigenvalue weighted by Gasteiger charge is -2.32. The van der Waals surface area contributed by atoms with Crippen molar-refractivity contribution in [2.45, 2.75) is 26.9 Å². The molecule has 5 heteroatoms. The van der Waals surface area contributed by atoms with Gasteiger partial charge in [-0.05, 0) is 62.3 Å².